The Bertz CT molecular complexity index is 1340. The third kappa shape index (κ3) is 3.51. The van der Waals surface area contributed by atoms with Gasteiger partial charge in [0.05, 0.1) is 11.6 Å². The van der Waals surface area contributed by atoms with Crippen molar-refractivity contribution in [1.82, 2.24) is 9.88 Å². The van der Waals surface area contributed by atoms with Crippen molar-refractivity contribution in [3.8, 4) is 0 Å². The molecule has 0 aliphatic carbocycles. The lowest BCUT2D eigenvalue weighted by molar-refractivity contribution is -0.140. The van der Waals surface area contributed by atoms with Crippen LogP contribution in [0.2, 0.25) is 5.02 Å². The summed E-state index contributed by atoms with van der Waals surface area (Å²) < 4.78 is 0. The van der Waals surface area contributed by atoms with Crippen LogP contribution in [0.15, 0.2) is 85.1 Å². The van der Waals surface area contributed by atoms with Gasteiger partial charge in [0.15, 0.2) is 0 Å². The first-order valence-electron chi connectivity index (χ1n) is 10.2. The second-order valence-electron chi connectivity index (χ2n) is 7.87. The molecule has 5 rings (SSSR count). The van der Waals surface area contributed by atoms with Gasteiger partial charge in [0.2, 0.25) is 0 Å². The maximum Gasteiger partial charge on any atom is 0.313 e. The van der Waals surface area contributed by atoms with E-state index in [9.17, 15) is 14.7 Å². The highest BCUT2D eigenvalue weighted by Gasteiger charge is 2.44. The fourth-order valence-electron chi connectivity index (χ4n) is 4.44. The van der Waals surface area contributed by atoms with Crippen molar-refractivity contribution in [1.29, 1.82) is 0 Å². The van der Waals surface area contributed by atoms with Crippen molar-refractivity contribution in [2.75, 3.05) is 0 Å². The van der Waals surface area contributed by atoms with Gasteiger partial charge in [-0.25, -0.2) is 0 Å². The Morgan fingerprint density at radius 1 is 1.00 bits per heavy atom. The molecular weight excluding hydrogens is 424 g/mol. The Kier molecular flexibility index (Phi) is 5.11. The monoisotopic (exact) mass is 442 g/mol. The number of nitrogens with zero attached hydrogens (tertiary/aromatic N) is 2. The van der Waals surface area contributed by atoms with E-state index < -0.39 is 17.9 Å². The van der Waals surface area contributed by atoms with Gasteiger partial charge in [-0.3, -0.25) is 14.6 Å². The quantitative estimate of drug-likeness (QED) is 0.456. The summed E-state index contributed by atoms with van der Waals surface area (Å²) in [6.45, 7) is 0.256. The Balaban J connectivity index is 1.69. The van der Waals surface area contributed by atoms with Crippen molar-refractivity contribution in [2.24, 2.45) is 0 Å². The summed E-state index contributed by atoms with van der Waals surface area (Å²) >= 11 is 6.03. The van der Waals surface area contributed by atoms with E-state index in [1.807, 2.05) is 42.5 Å². The van der Waals surface area contributed by atoms with Crippen molar-refractivity contribution in [3.63, 3.8) is 0 Å². The van der Waals surface area contributed by atoms with E-state index in [-0.39, 0.29) is 12.5 Å². The van der Waals surface area contributed by atoms with Gasteiger partial charge in [0.25, 0.3) is 5.91 Å². The first-order valence-corrected chi connectivity index (χ1v) is 10.6. The fourth-order valence-corrected chi connectivity index (χ4v) is 4.57. The number of fused-ring (bicyclic) bond motifs is 2. The molecule has 0 saturated carbocycles. The lowest BCUT2D eigenvalue weighted by Gasteiger charge is -2.40. The van der Waals surface area contributed by atoms with Gasteiger partial charge in [0, 0.05) is 28.7 Å². The number of aliphatic carboxylic acids is 1. The number of para-hydroxylation sites is 1. The van der Waals surface area contributed by atoms with Gasteiger partial charge >= 0.3 is 5.97 Å². The molecule has 0 spiro atoms. The molecule has 2 unspecified atom stereocenters. The molecule has 2 atom stereocenters. The van der Waals surface area contributed by atoms with E-state index in [2.05, 4.69) is 4.98 Å². The number of hydrogen-bond donors (Lipinski definition) is 1. The van der Waals surface area contributed by atoms with Crippen molar-refractivity contribution in [3.05, 3.63) is 112 Å². The van der Waals surface area contributed by atoms with E-state index in [4.69, 9.17) is 11.6 Å². The van der Waals surface area contributed by atoms with Crippen LogP contribution >= 0.6 is 11.6 Å². The standard InChI is InChI=1S/C26H19ClN2O3/c27-19-11-9-16(10-12-19)15-29-24(18-13-17-5-1-4-8-22(17)28-14-18)23(26(31)32)20-6-2-3-7-21(20)25(29)30/h1-14,23-24H,15H2,(H,31,32). The molecule has 2 heterocycles. The number of hydrogen-bond acceptors (Lipinski definition) is 3. The third-order valence-corrected chi connectivity index (χ3v) is 6.18. The van der Waals surface area contributed by atoms with Crippen molar-refractivity contribution < 1.29 is 14.7 Å². The molecule has 1 aliphatic rings. The normalized spacial score (nSPS) is 17.9. The number of carbonyl (C=O) groups excluding carboxylic acids is 1. The van der Waals surface area contributed by atoms with Crippen LogP contribution in [0, 0.1) is 0 Å². The minimum absolute atomic E-state index is 0.203. The molecule has 1 aliphatic heterocycles. The highest BCUT2D eigenvalue weighted by atomic mass is 35.5. The van der Waals surface area contributed by atoms with E-state index in [1.165, 1.54) is 0 Å². The summed E-state index contributed by atoms with van der Waals surface area (Å²) in [6.07, 6.45) is 1.68. The van der Waals surface area contributed by atoms with Crippen LogP contribution < -0.4 is 0 Å². The minimum atomic E-state index is -0.982. The molecule has 1 amide bonds. The highest BCUT2D eigenvalue weighted by molar-refractivity contribution is 6.30. The van der Waals surface area contributed by atoms with Crippen LogP contribution in [0.25, 0.3) is 10.9 Å². The first kappa shape index (κ1) is 20.2. The molecular formula is C26H19ClN2O3. The number of halogens is 1. The summed E-state index contributed by atoms with van der Waals surface area (Å²) in [6, 6.07) is 23.1. The molecule has 5 nitrogen and oxygen atoms in total. The molecule has 4 aromatic rings. The van der Waals surface area contributed by atoms with E-state index in [1.54, 1.807) is 47.5 Å². The van der Waals surface area contributed by atoms with Crippen LogP contribution in [0.4, 0.5) is 0 Å². The van der Waals surface area contributed by atoms with Crippen molar-refractivity contribution in [2.45, 2.75) is 18.5 Å². The number of amides is 1. The number of pyridine rings is 1. The summed E-state index contributed by atoms with van der Waals surface area (Å²) in [5, 5.41) is 11.8. The smallest absolute Gasteiger partial charge is 0.313 e. The zero-order chi connectivity index (χ0) is 22.2. The van der Waals surface area contributed by atoms with E-state index >= 15 is 0 Å². The molecule has 1 N–H and O–H groups in total. The summed E-state index contributed by atoms with van der Waals surface area (Å²) in [7, 11) is 0. The minimum Gasteiger partial charge on any atom is -0.481 e. The van der Waals surface area contributed by atoms with Gasteiger partial charge in [0.1, 0.15) is 5.92 Å². The lowest BCUT2D eigenvalue weighted by Crippen LogP contribution is -2.44. The number of carbonyl (C=O) groups is 2. The van der Waals surface area contributed by atoms with Crippen LogP contribution in [0.3, 0.4) is 0 Å². The first-order chi connectivity index (χ1) is 15.5. The topological polar surface area (TPSA) is 70.5 Å². The number of benzene rings is 3. The Hall–Kier alpha value is -3.70. The number of rotatable bonds is 4. The molecule has 0 radical (unpaired) electrons. The Morgan fingerprint density at radius 2 is 1.72 bits per heavy atom. The number of carboxylic acid groups (broad SMARTS) is 1. The lowest BCUT2D eigenvalue weighted by atomic mass is 9.79. The largest absolute Gasteiger partial charge is 0.481 e. The number of carboxylic acids is 1. The molecule has 0 bridgehead atoms. The highest BCUT2D eigenvalue weighted by Crippen LogP contribution is 2.43. The van der Waals surface area contributed by atoms with Crippen LogP contribution in [-0.4, -0.2) is 26.9 Å². The predicted octanol–water partition coefficient (Wildman–Crippen LogP) is 5.45. The van der Waals surface area contributed by atoms with Gasteiger partial charge in [-0.2, -0.15) is 0 Å². The van der Waals surface area contributed by atoms with Crippen LogP contribution in [0.5, 0.6) is 0 Å². The van der Waals surface area contributed by atoms with E-state index in [0.29, 0.717) is 21.7 Å². The van der Waals surface area contributed by atoms with Crippen molar-refractivity contribution >= 4 is 34.4 Å². The Labute approximate surface area is 189 Å². The zero-order valence-corrected chi connectivity index (χ0v) is 17.7. The van der Waals surface area contributed by atoms with Crippen LogP contribution in [0.1, 0.15) is 39.0 Å². The second-order valence-corrected chi connectivity index (χ2v) is 8.31. The predicted molar refractivity (Wildman–Crippen MR) is 123 cm³/mol. The molecule has 3 aromatic carbocycles. The SMILES string of the molecule is O=C(O)C1c2ccccc2C(=O)N(Cc2ccc(Cl)cc2)C1c1cnc2ccccc2c1. The summed E-state index contributed by atoms with van der Waals surface area (Å²) in [5.41, 5.74) is 3.31. The van der Waals surface area contributed by atoms with Gasteiger partial charge in [-0.1, -0.05) is 60.1 Å². The molecule has 32 heavy (non-hydrogen) atoms. The summed E-state index contributed by atoms with van der Waals surface area (Å²) in [4.78, 5) is 32.3. The third-order valence-electron chi connectivity index (χ3n) is 5.92. The summed E-state index contributed by atoms with van der Waals surface area (Å²) in [5.74, 6) is -2.10. The average Bonchev–Trinajstić information content (AvgIpc) is 2.81. The number of aromatic nitrogens is 1. The zero-order valence-electron chi connectivity index (χ0n) is 17.0. The molecule has 1 aromatic heterocycles. The van der Waals surface area contributed by atoms with Gasteiger partial charge < -0.3 is 10.0 Å². The van der Waals surface area contributed by atoms with E-state index in [0.717, 1.165) is 16.5 Å². The average molecular weight is 443 g/mol. The maximum atomic E-state index is 13.6. The molecule has 158 valence electrons. The maximum absolute atomic E-state index is 13.6. The second kappa shape index (κ2) is 8.09. The molecule has 6 heteroatoms. The van der Waals surface area contributed by atoms with Gasteiger partial charge in [-0.05, 0) is 47.0 Å². The van der Waals surface area contributed by atoms with Gasteiger partial charge in [-0.15, -0.1) is 0 Å². The fraction of sp³-hybridized carbons (Fsp3) is 0.115. The molecule has 0 saturated heterocycles. The Morgan fingerprint density at radius 3 is 2.50 bits per heavy atom. The molecule has 0 fully saturated rings. The van der Waals surface area contributed by atoms with Crippen LogP contribution in [-0.2, 0) is 11.3 Å².